The fraction of sp³-hybridized carbons (Fsp3) is 0.353. The van der Waals surface area contributed by atoms with E-state index in [2.05, 4.69) is 5.10 Å². The first-order valence-electron chi connectivity index (χ1n) is 7.91. The summed E-state index contributed by atoms with van der Waals surface area (Å²) in [6, 6.07) is 1.76. The number of anilines is 1. The van der Waals surface area contributed by atoms with Gasteiger partial charge in [-0.3, -0.25) is 9.69 Å². The molecule has 0 spiro atoms. The van der Waals surface area contributed by atoms with Crippen molar-refractivity contribution in [3.05, 3.63) is 40.6 Å². The lowest BCUT2D eigenvalue weighted by molar-refractivity contribution is -0.116. The first-order chi connectivity index (χ1) is 12.3. The molecule has 5 nitrogen and oxygen atoms in total. The Kier molecular flexibility index (Phi) is 5.65. The largest absolute Gasteiger partial charge is 0.296 e. The molecule has 1 amide bonds. The van der Waals surface area contributed by atoms with Crippen LogP contribution in [-0.2, 0) is 11.2 Å². The summed E-state index contributed by atoms with van der Waals surface area (Å²) >= 11 is 0. The van der Waals surface area contributed by atoms with Gasteiger partial charge in [0, 0.05) is 19.0 Å². The lowest BCUT2D eigenvalue weighted by atomic mass is 10.1. The minimum Gasteiger partial charge on any atom is -0.296 e. The highest BCUT2D eigenvalue weighted by Crippen LogP contribution is 2.31. The van der Waals surface area contributed by atoms with Crippen LogP contribution in [0.25, 0.3) is 5.69 Å². The molecule has 138 valence electrons. The van der Waals surface area contributed by atoms with Gasteiger partial charge in [-0.25, -0.2) is 22.2 Å². The number of nitriles is 1. The zero-order valence-corrected chi connectivity index (χ0v) is 14.4. The van der Waals surface area contributed by atoms with E-state index in [-0.39, 0.29) is 24.3 Å². The normalized spacial score (nSPS) is 10.7. The fourth-order valence-corrected chi connectivity index (χ4v) is 2.64. The van der Waals surface area contributed by atoms with Crippen molar-refractivity contribution >= 4 is 11.7 Å². The van der Waals surface area contributed by atoms with Gasteiger partial charge < -0.3 is 0 Å². The predicted molar refractivity (Wildman–Crippen MR) is 85.8 cm³/mol. The molecule has 0 N–H and O–H groups in total. The number of rotatable bonds is 5. The number of hydrogen-bond donors (Lipinski definition) is 0. The molecular formula is C17H16F4N4O. The summed E-state index contributed by atoms with van der Waals surface area (Å²) in [5, 5.41) is 12.9. The molecule has 26 heavy (non-hydrogen) atoms. The Hall–Kier alpha value is -2.89. The molecule has 1 aromatic heterocycles. The van der Waals surface area contributed by atoms with E-state index in [1.807, 2.05) is 0 Å². The molecule has 0 bridgehead atoms. The zero-order valence-electron chi connectivity index (χ0n) is 14.4. The van der Waals surface area contributed by atoms with Crippen molar-refractivity contribution in [1.82, 2.24) is 9.78 Å². The molecule has 1 aromatic carbocycles. The molecule has 0 fully saturated rings. The van der Waals surface area contributed by atoms with E-state index in [1.54, 1.807) is 13.0 Å². The Balaban J connectivity index is 2.86. The van der Waals surface area contributed by atoms with Crippen molar-refractivity contribution in [2.75, 3.05) is 11.4 Å². The van der Waals surface area contributed by atoms with Crippen LogP contribution >= 0.6 is 0 Å². The molecule has 1 heterocycles. The second-order valence-electron chi connectivity index (χ2n) is 5.51. The highest BCUT2D eigenvalue weighted by atomic mass is 19.2. The Labute approximate surface area is 147 Å². The van der Waals surface area contributed by atoms with E-state index in [0.29, 0.717) is 11.1 Å². The van der Waals surface area contributed by atoms with Crippen LogP contribution in [0.15, 0.2) is 6.20 Å². The third-order valence-electron chi connectivity index (χ3n) is 3.84. The van der Waals surface area contributed by atoms with Crippen LogP contribution in [0, 0.1) is 34.6 Å². The summed E-state index contributed by atoms with van der Waals surface area (Å²) in [6.45, 7) is 4.42. The van der Waals surface area contributed by atoms with Crippen LogP contribution in [0.4, 0.5) is 23.4 Å². The van der Waals surface area contributed by atoms with Crippen LogP contribution in [0.3, 0.4) is 0 Å². The Morgan fingerprint density at radius 3 is 2.19 bits per heavy atom. The maximum absolute atomic E-state index is 14.5. The molecule has 0 saturated heterocycles. The molecular weight excluding hydrogens is 352 g/mol. The van der Waals surface area contributed by atoms with Gasteiger partial charge in [-0.15, -0.1) is 0 Å². The van der Waals surface area contributed by atoms with Crippen LogP contribution in [0.2, 0.25) is 0 Å². The third kappa shape index (κ3) is 3.03. The van der Waals surface area contributed by atoms with Crippen molar-refractivity contribution in [2.45, 2.75) is 33.6 Å². The van der Waals surface area contributed by atoms with Crippen LogP contribution in [0.1, 0.15) is 38.3 Å². The van der Waals surface area contributed by atoms with Gasteiger partial charge in [-0.1, -0.05) is 13.8 Å². The molecule has 0 radical (unpaired) electrons. The second-order valence-corrected chi connectivity index (χ2v) is 5.51. The van der Waals surface area contributed by atoms with Crippen LogP contribution in [0.5, 0.6) is 0 Å². The molecule has 2 aromatic rings. The molecule has 0 atom stereocenters. The minimum atomic E-state index is -1.64. The van der Waals surface area contributed by atoms with E-state index in [9.17, 15) is 27.6 Å². The summed E-state index contributed by atoms with van der Waals surface area (Å²) in [7, 11) is 0. The van der Waals surface area contributed by atoms with E-state index in [1.165, 1.54) is 13.8 Å². The number of aromatic nitrogens is 2. The lowest BCUT2D eigenvalue weighted by Crippen LogP contribution is -2.32. The second kappa shape index (κ2) is 7.56. The monoisotopic (exact) mass is 368 g/mol. The number of amides is 1. The average molecular weight is 368 g/mol. The number of nitrogens with zero attached hydrogens (tertiary/aromatic N) is 4. The molecule has 0 aliphatic rings. The number of carbonyl (C=O) groups excluding carboxylic acids is 1. The van der Waals surface area contributed by atoms with Crippen molar-refractivity contribution < 1.29 is 22.4 Å². The summed E-state index contributed by atoms with van der Waals surface area (Å²) in [6.07, 6.45) is 1.19. The lowest BCUT2D eigenvalue weighted by Gasteiger charge is -2.22. The van der Waals surface area contributed by atoms with E-state index >= 15 is 0 Å². The minimum absolute atomic E-state index is 0.122. The highest BCUT2D eigenvalue weighted by molar-refractivity contribution is 5.92. The van der Waals surface area contributed by atoms with Gasteiger partial charge in [0.05, 0.1) is 6.20 Å². The summed E-state index contributed by atoms with van der Waals surface area (Å²) in [5.74, 6) is -7.12. The van der Waals surface area contributed by atoms with E-state index in [0.717, 1.165) is 11.1 Å². The Bertz CT molecular complexity index is 872. The number of carbonyl (C=O) groups is 1. The standard InChI is InChI=1S/C17H16F4N4O/c1-4-6-24(9(3)26)17-10(7-22)8-23-25(17)16-14(20)12(18)11(5-2)13(19)15(16)21/h8H,4-6H2,1-3H3. The van der Waals surface area contributed by atoms with Crippen molar-refractivity contribution in [3.63, 3.8) is 0 Å². The molecule has 9 heteroatoms. The smallest absolute Gasteiger partial charge is 0.225 e. The zero-order chi connectivity index (χ0) is 19.6. The summed E-state index contributed by atoms with van der Waals surface area (Å²) in [4.78, 5) is 13.0. The molecule has 0 aliphatic heterocycles. The highest BCUT2D eigenvalue weighted by Gasteiger charge is 2.30. The summed E-state index contributed by atoms with van der Waals surface area (Å²) < 4.78 is 57.8. The van der Waals surface area contributed by atoms with Crippen LogP contribution in [-0.4, -0.2) is 22.2 Å². The topological polar surface area (TPSA) is 61.9 Å². The van der Waals surface area contributed by atoms with Gasteiger partial charge in [0.2, 0.25) is 5.91 Å². The average Bonchev–Trinajstić information content (AvgIpc) is 3.01. The third-order valence-corrected chi connectivity index (χ3v) is 3.84. The molecule has 0 aliphatic carbocycles. The maximum Gasteiger partial charge on any atom is 0.225 e. The van der Waals surface area contributed by atoms with Gasteiger partial charge >= 0.3 is 0 Å². The molecule has 0 saturated carbocycles. The Morgan fingerprint density at radius 2 is 1.77 bits per heavy atom. The van der Waals surface area contributed by atoms with Gasteiger partial charge in [0.15, 0.2) is 29.1 Å². The number of hydrogen-bond acceptors (Lipinski definition) is 3. The van der Waals surface area contributed by atoms with Crippen LogP contribution < -0.4 is 4.90 Å². The van der Waals surface area contributed by atoms with E-state index in [4.69, 9.17) is 0 Å². The number of benzene rings is 1. The van der Waals surface area contributed by atoms with Crippen molar-refractivity contribution in [2.24, 2.45) is 0 Å². The first kappa shape index (κ1) is 19.4. The predicted octanol–water partition coefficient (Wildman–Crippen LogP) is 3.63. The SMILES string of the molecule is CCCN(C(C)=O)c1c(C#N)cnn1-c1c(F)c(F)c(CC)c(F)c1F. The quantitative estimate of drug-likeness (QED) is 0.598. The molecule has 2 rings (SSSR count). The van der Waals surface area contributed by atoms with Gasteiger partial charge in [0.25, 0.3) is 0 Å². The van der Waals surface area contributed by atoms with Gasteiger partial charge in [-0.05, 0) is 12.8 Å². The number of halogens is 4. The van der Waals surface area contributed by atoms with Gasteiger partial charge in [-0.2, -0.15) is 10.4 Å². The maximum atomic E-state index is 14.5. The van der Waals surface area contributed by atoms with Gasteiger partial charge in [0.1, 0.15) is 17.3 Å². The summed E-state index contributed by atoms with van der Waals surface area (Å²) in [5.41, 5.74) is -2.00. The van der Waals surface area contributed by atoms with Crippen molar-refractivity contribution in [1.29, 1.82) is 5.26 Å². The molecule has 0 unspecified atom stereocenters. The van der Waals surface area contributed by atoms with E-state index < -0.39 is 40.4 Å². The van der Waals surface area contributed by atoms with Crippen molar-refractivity contribution in [3.8, 4) is 11.8 Å². The fourth-order valence-electron chi connectivity index (χ4n) is 2.64. The Morgan fingerprint density at radius 1 is 1.19 bits per heavy atom. The first-order valence-corrected chi connectivity index (χ1v) is 7.91.